The van der Waals surface area contributed by atoms with Gasteiger partial charge in [0.15, 0.2) is 0 Å². The third-order valence-electron chi connectivity index (χ3n) is 8.23. The Morgan fingerprint density at radius 3 is 2.70 bits per heavy atom. The molecule has 0 saturated heterocycles. The van der Waals surface area contributed by atoms with Gasteiger partial charge in [-0.05, 0) is 71.0 Å². The topological polar surface area (TPSA) is 58.6 Å². The van der Waals surface area contributed by atoms with E-state index >= 15 is 0 Å². The molecular formula is C31H28N2O3S. The second kappa shape index (κ2) is 8.38. The van der Waals surface area contributed by atoms with Gasteiger partial charge in [-0.1, -0.05) is 60.7 Å². The standard InChI is InChI=1S/C31H28N2O3S/c1-36-29-16-13-20-7-2-4-9-23(20)30(29)31-25-11-6-10-24(25)26-19-22(14-15-27(26)32-31)37(34,35)33-18-17-21-8-3-5-12-28(21)33/h2-10,12-16,19,24-25,31-32H,11,17-18H2,1H3. The molecule has 37 heavy (non-hydrogen) atoms. The quantitative estimate of drug-likeness (QED) is 0.323. The number of nitrogens with zero attached hydrogens (tertiary/aromatic N) is 1. The van der Waals surface area contributed by atoms with Crippen LogP contribution in [0.4, 0.5) is 11.4 Å². The van der Waals surface area contributed by atoms with Gasteiger partial charge in [0, 0.05) is 23.7 Å². The minimum Gasteiger partial charge on any atom is -0.496 e. The molecule has 3 aliphatic rings. The van der Waals surface area contributed by atoms with E-state index in [-0.39, 0.29) is 17.9 Å². The molecule has 0 fully saturated rings. The van der Waals surface area contributed by atoms with Gasteiger partial charge in [-0.2, -0.15) is 0 Å². The van der Waals surface area contributed by atoms with Gasteiger partial charge in [0.2, 0.25) is 0 Å². The van der Waals surface area contributed by atoms with Gasteiger partial charge in [0.1, 0.15) is 5.75 Å². The number of rotatable bonds is 4. The van der Waals surface area contributed by atoms with E-state index in [0.717, 1.165) is 46.7 Å². The van der Waals surface area contributed by atoms with Crippen LogP contribution in [0.5, 0.6) is 5.75 Å². The maximum Gasteiger partial charge on any atom is 0.264 e. The average molecular weight is 509 g/mol. The molecule has 0 radical (unpaired) electrons. The zero-order valence-corrected chi connectivity index (χ0v) is 21.4. The number of anilines is 2. The lowest BCUT2D eigenvalue weighted by Gasteiger charge is -2.38. The van der Waals surface area contributed by atoms with Gasteiger partial charge in [-0.3, -0.25) is 4.31 Å². The summed E-state index contributed by atoms with van der Waals surface area (Å²) in [6, 6.07) is 26.0. The summed E-state index contributed by atoms with van der Waals surface area (Å²) < 4.78 is 34.9. The number of nitrogens with one attached hydrogen (secondary N) is 1. The van der Waals surface area contributed by atoms with Crippen molar-refractivity contribution in [1.82, 2.24) is 0 Å². The average Bonchev–Trinajstić information content (AvgIpc) is 3.60. The van der Waals surface area contributed by atoms with E-state index < -0.39 is 10.0 Å². The van der Waals surface area contributed by atoms with Crippen LogP contribution in [0.3, 0.4) is 0 Å². The van der Waals surface area contributed by atoms with Crippen LogP contribution in [-0.4, -0.2) is 22.1 Å². The van der Waals surface area contributed by atoms with Crippen molar-refractivity contribution < 1.29 is 13.2 Å². The number of sulfonamides is 1. The fourth-order valence-corrected chi connectivity index (χ4v) is 8.02. The van der Waals surface area contributed by atoms with Gasteiger partial charge in [-0.15, -0.1) is 0 Å². The second-order valence-corrected chi connectivity index (χ2v) is 11.9. The molecule has 6 heteroatoms. The second-order valence-electron chi connectivity index (χ2n) is 10.1. The predicted molar refractivity (Wildman–Crippen MR) is 148 cm³/mol. The van der Waals surface area contributed by atoms with E-state index in [1.165, 1.54) is 10.8 Å². The minimum atomic E-state index is -3.66. The largest absolute Gasteiger partial charge is 0.496 e. The van der Waals surface area contributed by atoms with Crippen molar-refractivity contribution >= 4 is 32.2 Å². The Bertz CT molecular complexity index is 1680. The summed E-state index contributed by atoms with van der Waals surface area (Å²) in [5.74, 6) is 1.26. The van der Waals surface area contributed by atoms with E-state index in [1.54, 1.807) is 17.5 Å². The highest BCUT2D eigenvalue weighted by molar-refractivity contribution is 7.92. The molecule has 4 aromatic carbocycles. The summed E-state index contributed by atoms with van der Waals surface area (Å²) in [4.78, 5) is 0.352. The van der Waals surface area contributed by atoms with E-state index in [4.69, 9.17) is 4.74 Å². The summed E-state index contributed by atoms with van der Waals surface area (Å²) in [6.07, 6.45) is 6.14. The van der Waals surface area contributed by atoms with Crippen LogP contribution in [0.25, 0.3) is 10.8 Å². The molecule has 1 aliphatic carbocycles. The summed E-state index contributed by atoms with van der Waals surface area (Å²) in [6.45, 7) is 0.478. The van der Waals surface area contributed by atoms with Crippen LogP contribution in [0.1, 0.15) is 35.1 Å². The van der Waals surface area contributed by atoms with Crippen LogP contribution >= 0.6 is 0 Å². The number of hydrogen-bond acceptors (Lipinski definition) is 4. The van der Waals surface area contributed by atoms with E-state index in [2.05, 4.69) is 53.9 Å². The fourth-order valence-electron chi connectivity index (χ4n) is 6.48. The third kappa shape index (κ3) is 3.39. The minimum absolute atomic E-state index is 0.0430. The Morgan fingerprint density at radius 2 is 1.81 bits per heavy atom. The van der Waals surface area contributed by atoms with Gasteiger partial charge in [-0.25, -0.2) is 8.42 Å². The highest BCUT2D eigenvalue weighted by Gasteiger charge is 2.41. The van der Waals surface area contributed by atoms with Crippen molar-refractivity contribution in [1.29, 1.82) is 0 Å². The fraction of sp³-hybridized carbons (Fsp3) is 0.226. The van der Waals surface area contributed by atoms with Crippen molar-refractivity contribution in [2.45, 2.75) is 29.7 Å². The Hall–Kier alpha value is -3.77. The molecule has 5 nitrogen and oxygen atoms in total. The van der Waals surface area contributed by atoms with Crippen molar-refractivity contribution in [3.8, 4) is 5.75 Å². The molecule has 2 heterocycles. The summed E-state index contributed by atoms with van der Waals surface area (Å²) in [5, 5.41) is 6.15. The van der Waals surface area contributed by atoms with Crippen LogP contribution in [0.15, 0.2) is 95.9 Å². The Balaban J connectivity index is 1.31. The molecule has 2 aliphatic heterocycles. The zero-order valence-electron chi connectivity index (χ0n) is 20.6. The third-order valence-corrected chi connectivity index (χ3v) is 10.0. The first-order valence-electron chi connectivity index (χ1n) is 12.8. The molecule has 1 N–H and O–H groups in total. The highest BCUT2D eigenvalue weighted by atomic mass is 32.2. The molecule has 3 unspecified atom stereocenters. The number of hydrogen-bond donors (Lipinski definition) is 1. The Morgan fingerprint density at radius 1 is 0.973 bits per heavy atom. The first-order chi connectivity index (χ1) is 18.1. The van der Waals surface area contributed by atoms with Crippen molar-refractivity contribution in [2.75, 3.05) is 23.3 Å². The zero-order chi connectivity index (χ0) is 25.1. The van der Waals surface area contributed by atoms with Crippen LogP contribution in [0.2, 0.25) is 0 Å². The molecular weight excluding hydrogens is 480 g/mol. The van der Waals surface area contributed by atoms with E-state index in [1.807, 2.05) is 36.4 Å². The number of para-hydroxylation sites is 1. The lowest BCUT2D eigenvalue weighted by Crippen LogP contribution is -2.31. The summed E-state index contributed by atoms with van der Waals surface area (Å²) >= 11 is 0. The highest BCUT2D eigenvalue weighted by Crippen LogP contribution is 2.53. The van der Waals surface area contributed by atoms with Crippen LogP contribution in [0, 0.1) is 5.92 Å². The molecule has 0 bridgehead atoms. The summed E-state index contributed by atoms with van der Waals surface area (Å²) in [7, 11) is -1.93. The lowest BCUT2D eigenvalue weighted by molar-refractivity contribution is 0.383. The number of fused-ring (bicyclic) bond motifs is 5. The molecule has 4 aromatic rings. The molecule has 7 rings (SSSR count). The van der Waals surface area contributed by atoms with Gasteiger partial charge in [0.25, 0.3) is 10.0 Å². The molecule has 186 valence electrons. The normalized spacial score (nSPS) is 21.9. The Kier molecular flexibility index (Phi) is 5.08. The number of methoxy groups -OCH3 is 1. The smallest absolute Gasteiger partial charge is 0.264 e. The van der Waals surface area contributed by atoms with Gasteiger partial charge in [0.05, 0.1) is 23.7 Å². The maximum absolute atomic E-state index is 13.8. The van der Waals surface area contributed by atoms with Crippen LogP contribution in [-0.2, 0) is 16.4 Å². The first-order valence-corrected chi connectivity index (χ1v) is 14.2. The van der Waals surface area contributed by atoms with Crippen LogP contribution < -0.4 is 14.4 Å². The number of benzene rings is 4. The number of allylic oxidation sites excluding steroid dienone is 2. The van der Waals surface area contributed by atoms with Crippen molar-refractivity contribution in [3.63, 3.8) is 0 Å². The SMILES string of the molecule is COc1ccc2ccccc2c1C1Nc2ccc(S(=O)(=O)N3CCc4ccccc43)cc2C2C=CCC21. The first kappa shape index (κ1) is 22.4. The molecule has 0 spiro atoms. The maximum atomic E-state index is 13.8. The number of ether oxygens (including phenoxy) is 1. The Labute approximate surface area is 217 Å². The molecule has 3 atom stereocenters. The monoisotopic (exact) mass is 508 g/mol. The van der Waals surface area contributed by atoms with Crippen molar-refractivity contribution in [3.05, 3.63) is 108 Å². The van der Waals surface area contributed by atoms with Crippen molar-refractivity contribution in [2.24, 2.45) is 5.92 Å². The van der Waals surface area contributed by atoms with Gasteiger partial charge < -0.3 is 10.1 Å². The molecule has 0 aromatic heterocycles. The lowest BCUT2D eigenvalue weighted by atomic mass is 9.76. The van der Waals surface area contributed by atoms with E-state index in [9.17, 15) is 8.42 Å². The molecule has 0 saturated carbocycles. The van der Waals surface area contributed by atoms with E-state index in [0.29, 0.717) is 11.4 Å². The van der Waals surface area contributed by atoms with Gasteiger partial charge >= 0.3 is 0 Å². The molecule has 0 amide bonds. The summed E-state index contributed by atoms with van der Waals surface area (Å²) in [5.41, 5.74) is 5.06. The predicted octanol–water partition coefficient (Wildman–Crippen LogP) is 6.43.